The van der Waals surface area contributed by atoms with Gasteiger partial charge in [0.15, 0.2) is 0 Å². The van der Waals surface area contributed by atoms with Crippen LogP contribution in [0.15, 0.2) is 4.99 Å². The number of hydrogen-bond donors (Lipinski definition) is 4. The first-order valence-electron chi connectivity index (χ1n) is 4.53. The van der Waals surface area contributed by atoms with Gasteiger partial charge in [-0.2, -0.15) is 0 Å². The quantitative estimate of drug-likeness (QED) is 0.161. The van der Waals surface area contributed by atoms with E-state index in [0.29, 0.717) is 26.5 Å². The molecule has 0 spiro atoms. The van der Waals surface area contributed by atoms with Crippen molar-refractivity contribution in [1.29, 1.82) is 0 Å². The summed E-state index contributed by atoms with van der Waals surface area (Å²) in [5, 5.41) is 11.3. The fraction of sp³-hybridized carbons (Fsp3) is 0.714. The number of aliphatic imine (C=N–C) groups is 1. The topological polar surface area (TPSA) is 131 Å². The molecule has 7 nitrogen and oxygen atoms in total. The fourth-order valence-electron chi connectivity index (χ4n) is 1.01. The van der Waals surface area contributed by atoms with E-state index in [2.05, 4.69) is 10.3 Å². The third-order valence-corrected chi connectivity index (χ3v) is 1.69. The van der Waals surface area contributed by atoms with Crippen molar-refractivity contribution in [2.75, 3.05) is 13.0 Å². The number of aliphatic carboxylic acids is 1. The summed E-state index contributed by atoms with van der Waals surface area (Å²) < 4.78 is 10.0. The Labute approximate surface area is 88.2 Å². The van der Waals surface area contributed by atoms with Gasteiger partial charge in [0.05, 0.1) is 0 Å². The van der Waals surface area contributed by atoms with Crippen LogP contribution in [-0.2, 0) is 9.50 Å². The van der Waals surface area contributed by atoms with E-state index in [9.17, 15) is 9.50 Å². The molecule has 15 heavy (non-hydrogen) atoms. The van der Waals surface area contributed by atoms with Gasteiger partial charge >= 0.3 is 87.3 Å². The standard InChI is InChI=1S/C7H15BN4O3/c9-7(10)11-3-1-2-5(6(13)14)12-4-8-15/h5,12H,1-4H2,(H,13,14)(H4,9,10,11)/t5-/m1/s1. The molecule has 0 fully saturated rings. The van der Waals surface area contributed by atoms with Crippen molar-refractivity contribution in [3.8, 4) is 0 Å². The molecule has 8 heteroatoms. The first-order valence-corrected chi connectivity index (χ1v) is 4.53. The van der Waals surface area contributed by atoms with Crippen LogP contribution in [0.3, 0.4) is 0 Å². The van der Waals surface area contributed by atoms with Crippen molar-refractivity contribution in [1.82, 2.24) is 5.32 Å². The van der Waals surface area contributed by atoms with Crippen LogP contribution >= 0.6 is 0 Å². The Morgan fingerprint density at radius 1 is 1.53 bits per heavy atom. The number of carboxylic acid groups (broad SMARTS) is 1. The van der Waals surface area contributed by atoms with Crippen molar-refractivity contribution >= 4 is 19.1 Å². The van der Waals surface area contributed by atoms with Crippen molar-refractivity contribution in [3.05, 3.63) is 0 Å². The van der Waals surface area contributed by atoms with Gasteiger partial charge in [0, 0.05) is 0 Å². The summed E-state index contributed by atoms with van der Waals surface area (Å²) >= 11 is 0. The van der Waals surface area contributed by atoms with Gasteiger partial charge in [0.1, 0.15) is 0 Å². The zero-order valence-electron chi connectivity index (χ0n) is 8.35. The molecular formula is C7H15BN4O3. The molecule has 0 radical (unpaired) electrons. The van der Waals surface area contributed by atoms with Gasteiger partial charge < -0.3 is 0 Å². The number of guanidine groups is 1. The molecule has 0 rings (SSSR count). The second-order valence-corrected chi connectivity index (χ2v) is 2.91. The zero-order chi connectivity index (χ0) is 11.7. The van der Waals surface area contributed by atoms with Gasteiger partial charge in [-0.15, -0.1) is 0 Å². The van der Waals surface area contributed by atoms with Crippen LogP contribution in [0.2, 0.25) is 0 Å². The van der Waals surface area contributed by atoms with Crippen LogP contribution in [0.1, 0.15) is 12.8 Å². The number of rotatable bonds is 8. The maximum atomic E-state index is 10.7. The van der Waals surface area contributed by atoms with Crippen LogP contribution < -0.4 is 16.8 Å². The van der Waals surface area contributed by atoms with E-state index < -0.39 is 12.0 Å². The molecule has 0 unspecified atom stereocenters. The average Bonchev–Trinajstić information content (AvgIpc) is 2.15. The van der Waals surface area contributed by atoms with Gasteiger partial charge in [-0.1, -0.05) is 0 Å². The molecule has 0 aromatic heterocycles. The Morgan fingerprint density at radius 2 is 2.20 bits per heavy atom. The summed E-state index contributed by atoms with van der Waals surface area (Å²) in [4.78, 5) is 14.4. The molecule has 6 N–H and O–H groups in total. The number of nitrogens with two attached hydrogens (primary N) is 2. The molecular weight excluding hydrogens is 199 g/mol. The molecule has 0 bridgehead atoms. The van der Waals surface area contributed by atoms with E-state index in [1.807, 2.05) is 0 Å². The molecule has 1 atom stereocenters. The Morgan fingerprint density at radius 3 is 2.67 bits per heavy atom. The minimum absolute atomic E-state index is 0.0114. The number of nitrogens with zero attached hydrogens (tertiary/aromatic N) is 1. The van der Waals surface area contributed by atoms with Gasteiger partial charge in [-0.3, -0.25) is 0 Å². The van der Waals surface area contributed by atoms with Crippen LogP contribution in [0, 0.1) is 0 Å². The van der Waals surface area contributed by atoms with E-state index in [1.165, 1.54) is 0 Å². The fourth-order valence-corrected chi connectivity index (χ4v) is 1.01. The summed E-state index contributed by atoms with van der Waals surface area (Å²) in [5.74, 6) is -0.996. The van der Waals surface area contributed by atoms with Crippen molar-refractivity contribution < 1.29 is 14.6 Å². The van der Waals surface area contributed by atoms with E-state index in [-0.39, 0.29) is 12.4 Å². The molecule has 0 aromatic rings. The number of carboxylic acids is 1. The van der Waals surface area contributed by atoms with Crippen molar-refractivity contribution in [3.63, 3.8) is 0 Å². The zero-order valence-corrected chi connectivity index (χ0v) is 8.35. The summed E-state index contributed by atoms with van der Waals surface area (Å²) in [5.41, 5.74) is 10.2. The minimum atomic E-state index is -0.985. The molecule has 84 valence electrons. The Hall–Kier alpha value is -1.44. The molecule has 0 aliphatic rings. The van der Waals surface area contributed by atoms with Crippen LogP contribution in [0.5, 0.6) is 0 Å². The normalized spacial score (nSPS) is 11.5. The second-order valence-electron chi connectivity index (χ2n) is 2.91. The van der Waals surface area contributed by atoms with E-state index in [0.717, 1.165) is 0 Å². The molecule has 0 amide bonds. The summed E-state index contributed by atoms with van der Waals surface area (Å²) in [6, 6.07) is -0.732. The SMILES string of the molecule is NC(N)=NCCC[C@@H](NCB=O)C(=O)O. The summed E-state index contributed by atoms with van der Waals surface area (Å²) in [7, 11) is 0.617. The van der Waals surface area contributed by atoms with Gasteiger partial charge in [0.25, 0.3) is 0 Å². The van der Waals surface area contributed by atoms with Crippen LogP contribution in [-0.4, -0.2) is 43.2 Å². The molecule has 0 aliphatic heterocycles. The van der Waals surface area contributed by atoms with Crippen molar-refractivity contribution in [2.24, 2.45) is 16.5 Å². The predicted molar refractivity (Wildman–Crippen MR) is 55.8 cm³/mol. The maximum absolute atomic E-state index is 10.7. The number of hydrogen-bond acceptors (Lipinski definition) is 4. The Bertz CT molecular complexity index is 242. The van der Waals surface area contributed by atoms with Gasteiger partial charge in [-0.05, 0) is 0 Å². The summed E-state index contributed by atoms with van der Waals surface area (Å²) in [6.07, 6.45) is 0.944. The molecule has 0 aromatic carbocycles. The second kappa shape index (κ2) is 7.92. The van der Waals surface area contributed by atoms with Gasteiger partial charge in [0.2, 0.25) is 0 Å². The predicted octanol–water partition coefficient (Wildman–Crippen LogP) is -1.91. The molecule has 0 heterocycles. The van der Waals surface area contributed by atoms with E-state index in [4.69, 9.17) is 16.6 Å². The van der Waals surface area contributed by atoms with Crippen molar-refractivity contribution in [2.45, 2.75) is 18.9 Å². The molecule has 0 aliphatic carbocycles. The third-order valence-electron chi connectivity index (χ3n) is 1.69. The first kappa shape index (κ1) is 13.6. The molecule has 0 saturated carbocycles. The Kier molecular flexibility index (Phi) is 7.16. The van der Waals surface area contributed by atoms with E-state index >= 15 is 0 Å². The number of nitrogens with one attached hydrogen (secondary N) is 1. The monoisotopic (exact) mass is 214 g/mol. The summed E-state index contributed by atoms with van der Waals surface area (Å²) in [6.45, 7) is 0.384. The Balaban J connectivity index is 3.80. The van der Waals surface area contributed by atoms with Crippen LogP contribution in [0.4, 0.5) is 0 Å². The van der Waals surface area contributed by atoms with Gasteiger partial charge in [-0.25, -0.2) is 0 Å². The van der Waals surface area contributed by atoms with E-state index in [1.54, 1.807) is 0 Å². The average molecular weight is 214 g/mol. The third kappa shape index (κ3) is 7.62. The molecule has 0 saturated heterocycles. The van der Waals surface area contributed by atoms with Crippen LogP contribution in [0.25, 0.3) is 0 Å². The number of carbonyl (C=O) groups is 1. The first-order chi connectivity index (χ1) is 7.07.